The first-order valence-corrected chi connectivity index (χ1v) is 21.6. The van der Waals surface area contributed by atoms with E-state index in [0.29, 0.717) is 11.3 Å². The van der Waals surface area contributed by atoms with Crippen molar-refractivity contribution in [3.63, 3.8) is 0 Å². The van der Waals surface area contributed by atoms with Gasteiger partial charge in [0.25, 0.3) is 0 Å². The van der Waals surface area contributed by atoms with Gasteiger partial charge in [-0.15, -0.1) is 39.7 Å². The second-order valence-electron chi connectivity index (χ2n) is 16.1. The Morgan fingerprint density at radius 2 is 1.15 bits per heavy atom. The molecule has 0 aromatic heterocycles. The third-order valence-electron chi connectivity index (χ3n) is 10.2. The second kappa shape index (κ2) is 17.5. The maximum Gasteiger partial charge on any atom is -1.00 e. The number of halogens is 4. The Balaban J connectivity index is 0.000000186. The summed E-state index contributed by atoms with van der Waals surface area (Å²) in [5.41, 5.74) is 10.2. The van der Waals surface area contributed by atoms with Crippen LogP contribution in [0.25, 0.3) is 33.7 Å². The van der Waals surface area contributed by atoms with E-state index in [0.717, 1.165) is 10.0 Å². The smallest absolute Gasteiger partial charge is 1.00 e. The van der Waals surface area contributed by atoms with E-state index in [4.69, 9.17) is 23.2 Å². The molecule has 0 saturated carbocycles. The summed E-state index contributed by atoms with van der Waals surface area (Å²) in [5.74, 6) is 0.573. The van der Waals surface area contributed by atoms with E-state index in [1.807, 2.05) is 24.3 Å². The molecule has 0 amide bonds. The molecule has 0 spiro atoms. The van der Waals surface area contributed by atoms with Crippen LogP contribution in [0.3, 0.4) is 0 Å². The molecule has 0 aliphatic heterocycles. The molecule has 3 aliphatic rings. The van der Waals surface area contributed by atoms with Crippen molar-refractivity contribution in [1.29, 1.82) is 0 Å². The third-order valence-corrected chi connectivity index (χ3v) is 13.1. The van der Waals surface area contributed by atoms with Crippen LogP contribution in [0.4, 0.5) is 0 Å². The van der Waals surface area contributed by atoms with E-state index in [-0.39, 0.29) is 35.6 Å². The van der Waals surface area contributed by atoms with Gasteiger partial charge in [-0.05, 0) is 11.1 Å². The first-order valence-electron chi connectivity index (χ1n) is 18.0. The van der Waals surface area contributed by atoms with Crippen LogP contribution in [0.15, 0.2) is 109 Å². The van der Waals surface area contributed by atoms with E-state index in [9.17, 15) is 0 Å². The molecule has 0 radical (unpaired) electrons. The minimum absolute atomic E-state index is 0. The quantitative estimate of drug-likeness (QED) is 0.163. The van der Waals surface area contributed by atoms with E-state index in [1.165, 1.54) is 66.9 Å². The van der Waals surface area contributed by atoms with E-state index < -0.39 is 22.3 Å². The molecule has 5 heteroatoms. The molecule has 5 aromatic carbocycles. The normalized spacial score (nSPS) is 16.6. The van der Waals surface area contributed by atoms with Crippen molar-refractivity contribution in [1.82, 2.24) is 0 Å². The van der Waals surface area contributed by atoms with Gasteiger partial charge in [0.05, 0.1) is 0 Å². The van der Waals surface area contributed by atoms with Crippen LogP contribution in [-0.2, 0) is 33.1 Å². The number of allylic oxidation sites excluding steroid dienone is 6. The van der Waals surface area contributed by atoms with E-state index in [1.54, 1.807) is 0 Å². The Hall–Kier alpha value is -2.51. The summed E-state index contributed by atoms with van der Waals surface area (Å²) in [4.78, 5) is 0. The average Bonchev–Trinajstić information content (AvgIpc) is 3.86. The molecule has 0 bridgehead atoms. The maximum absolute atomic E-state index is 5.84. The predicted octanol–water partition coefficient (Wildman–Crippen LogP) is 7.76. The van der Waals surface area contributed by atoms with Gasteiger partial charge in [0.1, 0.15) is 0 Å². The van der Waals surface area contributed by atoms with Gasteiger partial charge in [0.15, 0.2) is 0 Å². The Labute approximate surface area is 350 Å². The van der Waals surface area contributed by atoms with Gasteiger partial charge >= 0.3 is 123 Å². The topological polar surface area (TPSA) is 0 Å². The van der Waals surface area contributed by atoms with Gasteiger partial charge in [-0.1, -0.05) is 121 Å². The molecule has 5 aromatic rings. The van der Waals surface area contributed by atoms with E-state index in [2.05, 4.69) is 160 Å². The summed E-state index contributed by atoms with van der Waals surface area (Å²) < 4.78 is 4.66. The predicted molar refractivity (Wildman–Crippen MR) is 224 cm³/mol. The minimum atomic E-state index is -0.623. The minimum Gasteiger partial charge on any atom is -1.00 e. The van der Waals surface area contributed by atoms with Crippen molar-refractivity contribution in [3.05, 3.63) is 158 Å². The zero-order chi connectivity index (χ0) is 36.6. The fourth-order valence-corrected chi connectivity index (χ4v) is 9.22. The first-order chi connectivity index (χ1) is 24.1. The van der Waals surface area contributed by atoms with Crippen LogP contribution < -0.4 is 24.8 Å². The summed E-state index contributed by atoms with van der Waals surface area (Å²) >= 11 is 11.0. The van der Waals surface area contributed by atoms with Gasteiger partial charge in [-0.25, -0.2) is 6.08 Å². The zero-order valence-corrected chi connectivity index (χ0v) is 37.4. The molecule has 0 fully saturated rings. The molecule has 0 nitrogen and oxygen atoms in total. The third kappa shape index (κ3) is 10.2. The number of benzene rings is 4. The Morgan fingerprint density at radius 3 is 1.51 bits per heavy atom. The van der Waals surface area contributed by atoms with Crippen LogP contribution in [0.1, 0.15) is 95.2 Å². The van der Waals surface area contributed by atoms with Gasteiger partial charge in [-0.3, -0.25) is 6.08 Å². The van der Waals surface area contributed by atoms with Crippen molar-refractivity contribution < 1.29 is 47.1 Å². The van der Waals surface area contributed by atoms with Crippen LogP contribution >= 0.6 is 23.2 Å². The second-order valence-corrected chi connectivity index (χ2v) is 19.2. The Bertz CT molecular complexity index is 2130. The van der Waals surface area contributed by atoms with Crippen LogP contribution in [0.2, 0.25) is 10.0 Å². The fourth-order valence-electron chi connectivity index (χ4n) is 6.87. The van der Waals surface area contributed by atoms with Crippen molar-refractivity contribution in [2.45, 2.75) is 72.6 Å². The average molecular weight is 858 g/mol. The largest absolute Gasteiger partial charge is 1.00 e. The summed E-state index contributed by atoms with van der Waals surface area (Å²) in [5, 5.41) is 7.11. The molecule has 0 N–H and O–H groups in total. The summed E-state index contributed by atoms with van der Waals surface area (Å²) in [7, 11) is 0. The van der Waals surface area contributed by atoms with Crippen molar-refractivity contribution in [2.75, 3.05) is 0 Å². The van der Waals surface area contributed by atoms with Gasteiger partial charge in [-0.2, -0.15) is 11.6 Å². The molecule has 276 valence electrons. The molecule has 0 heterocycles. The number of rotatable bonds is 3. The standard InChI is InChI=1S/C23H21.C11H17.2C7H5Cl.2ClH.Zr/c1-22(2)7-5-14-10-18-16(12-20(14)22)9-17-13-21-15(11-19(17)18)6-8-23(21,3)4;1-5-9-6-7-10(8-9)11(2,3)4;2*1-6-2-4-7(8)5-3-6;;;/h5-13H,1-4H3;7-9H,5H2,1-4H3;2*1-5H;2*1H;/q2*-1;;;;;/p-2. The number of hydrogen-bond acceptors (Lipinski definition) is 0. The van der Waals surface area contributed by atoms with Gasteiger partial charge in [0, 0.05) is 10.8 Å². The van der Waals surface area contributed by atoms with Crippen LogP contribution in [0, 0.1) is 17.4 Å². The fraction of sp³-hybridized carbons (Fsp3) is 0.271. The zero-order valence-electron chi connectivity index (χ0n) is 31.9. The molecular formula is C48H48Cl4Zr-4. The SMILES string of the molecule is CC1(C)C=Cc2cc3c(cc21)[cH-]c1cc2c(cc13)C=CC2(C)C.CCC1[C-]=CC(C(C)(C)C)=C1.Clc1ccc([CH]=[Zr]=[CH]c2ccc(Cl)cc2)cc1.[Cl-].[Cl-]. The summed E-state index contributed by atoms with van der Waals surface area (Å²) in [6.45, 7) is 18.1. The van der Waals surface area contributed by atoms with Crippen LogP contribution in [0.5, 0.6) is 0 Å². The Morgan fingerprint density at radius 1 is 0.717 bits per heavy atom. The number of hydrogen-bond donors (Lipinski definition) is 0. The first kappa shape index (κ1) is 43.2. The van der Waals surface area contributed by atoms with Crippen LogP contribution in [-0.4, -0.2) is 7.42 Å². The molecule has 53 heavy (non-hydrogen) atoms. The molecule has 1 unspecified atom stereocenters. The van der Waals surface area contributed by atoms with E-state index >= 15 is 0 Å². The van der Waals surface area contributed by atoms with Crippen molar-refractivity contribution in [2.24, 2.45) is 11.3 Å². The Kier molecular flexibility index (Phi) is 14.3. The molecule has 3 aliphatic carbocycles. The van der Waals surface area contributed by atoms with Gasteiger partial charge < -0.3 is 24.8 Å². The number of fused-ring (bicyclic) bond motifs is 5. The molecule has 8 rings (SSSR count). The van der Waals surface area contributed by atoms with Gasteiger partial charge in [0.2, 0.25) is 0 Å². The monoisotopic (exact) mass is 854 g/mol. The molecule has 0 saturated heterocycles. The summed E-state index contributed by atoms with van der Waals surface area (Å²) in [6.07, 6.45) is 18.2. The molecular weight excluding hydrogens is 810 g/mol. The van der Waals surface area contributed by atoms with Crippen molar-refractivity contribution in [3.8, 4) is 0 Å². The molecule has 1 atom stereocenters. The maximum atomic E-state index is 5.84. The van der Waals surface area contributed by atoms with Crippen molar-refractivity contribution >= 4 is 64.3 Å². The summed E-state index contributed by atoms with van der Waals surface area (Å²) in [6, 6.07) is 27.9.